The topological polar surface area (TPSA) is 46.2 Å². The third kappa shape index (κ3) is 4.29. The Morgan fingerprint density at radius 1 is 1.54 bits per heavy atom. The van der Waals surface area contributed by atoms with Gasteiger partial charge in [-0.3, -0.25) is 0 Å². The van der Waals surface area contributed by atoms with Gasteiger partial charge in [0.25, 0.3) is 0 Å². The Labute approximate surface area is 84.9 Å². The van der Waals surface area contributed by atoms with Crippen LogP contribution in [0.25, 0.3) is 0 Å². The van der Waals surface area contributed by atoms with Crippen molar-refractivity contribution in [2.24, 2.45) is 5.92 Å². The standard InChI is InChI=1S/C8H16ClNO2S/c1-7(8-3-4-8)10-13(11,12)6-2-5-9/h7-8,10H,2-6H2,1H3. The molecule has 1 aliphatic rings. The van der Waals surface area contributed by atoms with E-state index in [2.05, 4.69) is 4.72 Å². The Morgan fingerprint density at radius 3 is 2.62 bits per heavy atom. The average molecular weight is 226 g/mol. The van der Waals surface area contributed by atoms with E-state index in [0.717, 1.165) is 12.8 Å². The Hall–Kier alpha value is 0.200. The van der Waals surface area contributed by atoms with Crippen LogP contribution in [0.5, 0.6) is 0 Å². The van der Waals surface area contributed by atoms with Crippen molar-refractivity contribution in [1.29, 1.82) is 0 Å². The minimum Gasteiger partial charge on any atom is -0.212 e. The van der Waals surface area contributed by atoms with Crippen LogP contribution in [0.15, 0.2) is 0 Å². The molecule has 78 valence electrons. The predicted molar refractivity (Wildman–Crippen MR) is 54.4 cm³/mol. The van der Waals surface area contributed by atoms with Crippen molar-refractivity contribution >= 4 is 21.6 Å². The summed E-state index contributed by atoms with van der Waals surface area (Å²) < 4.78 is 25.4. The van der Waals surface area contributed by atoms with Crippen LogP contribution in [0, 0.1) is 5.92 Å². The second-order valence-corrected chi connectivity index (χ2v) is 5.86. The summed E-state index contributed by atoms with van der Waals surface area (Å²) in [6.45, 7) is 1.93. The maximum Gasteiger partial charge on any atom is 0.211 e. The molecule has 0 aliphatic heterocycles. The lowest BCUT2D eigenvalue weighted by atomic mass is 10.2. The van der Waals surface area contributed by atoms with Gasteiger partial charge in [0.1, 0.15) is 0 Å². The van der Waals surface area contributed by atoms with Crippen LogP contribution in [0.2, 0.25) is 0 Å². The molecule has 0 aromatic carbocycles. The van der Waals surface area contributed by atoms with Crippen molar-refractivity contribution < 1.29 is 8.42 Å². The van der Waals surface area contributed by atoms with E-state index in [0.29, 0.717) is 18.2 Å². The minimum atomic E-state index is -3.08. The first-order valence-corrected chi connectivity index (χ1v) is 6.80. The molecule has 1 aliphatic carbocycles. The van der Waals surface area contributed by atoms with Crippen LogP contribution in [-0.2, 0) is 10.0 Å². The second-order valence-electron chi connectivity index (χ2n) is 3.61. The van der Waals surface area contributed by atoms with Crippen molar-refractivity contribution in [3.8, 4) is 0 Å². The van der Waals surface area contributed by atoms with Crippen molar-refractivity contribution in [1.82, 2.24) is 4.72 Å². The first-order chi connectivity index (χ1) is 6.05. The molecule has 1 N–H and O–H groups in total. The number of alkyl halides is 1. The zero-order chi connectivity index (χ0) is 9.90. The van der Waals surface area contributed by atoms with Crippen LogP contribution >= 0.6 is 11.6 Å². The summed E-state index contributed by atoms with van der Waals surface area (Å²) in [7, 11) is -3.08. The lowest BCUT2D eigenvalue weighted by Crippen LogP contribution is -2.35. The highest BCUT2D eigenvalue weighted by molar-refractivity contribution is 7.89. The zero-order valence-electron chi connectivity index (χ0n) is 7.79. The molecular weight excluding hydrogens is 210 g/mol. The molecule has 1 unspecified atom stereocenters. The van der Waals surface area contributed by atoms with Gasteiger partial charge >= 0.3 is 0 Å². The highest BCUT2D eigenvalue weighted by atomic mass is 35.5. The molecular formula is C8H16ClNO2S. The number of halogens is 1. The van der Waals surface area contributed by atoms with Crippen LogP contribution in [0.3, 0.4) is 0 Å². The molecule has 0 saturated heterocycles. The largest absolute Gasteiger partial charge is 0.212 e. The first kappa shape index (κ1) is 11.3. The van der Waals surface area contributed by atoms with Gasteiger partial charge in [-0.2, -0.15) is 0 Å². The van der Waals surface area contributed by atoms with Crippen molar-refractivity contribution in [3.05, 3.63) is 0 Å². The summed E-state index contributed by atoms with van der Waals surface area (Å²) in [5.74, 6) is 1.11. The summed E-state index contributed by atoms with van der Waals surface area (Å²) in [6, 6.07) is 0.0975. The predicted octanol–water partition coefficient (Wildman–Crippen LogP) is 1.33. The third-order valence-corrected chi connectivity index (χ3v) is 4.07. The zero-order valence-corrected chi connectivity index (χ0v) is 9.37. The fourth-order valence-electron chi connectivity index (χ4n) is 1.28. The van der Waals surface area contributed by atoms with E-state index in [9.17, 15) is 8.42 Å². The number of hydrogen-bond donors (Lipinski definition) is 1. The molecule has 1 atom stereocenters. The first-order valence-electron chi connectivity index (χ1n) is 4.61. The SMILES string of the molecule is CC(NS(=O)(=O)CCCCl)C1CC1. The summed E-state index contributed by atoms with van der Waals surface area (Å²) in [5.41, 5.74) is 0. The highest BCUT2D eigenvalue weighted by Crippen LogP contribution is 2.32. The molecule has 1 rings (SSSR count). The van der Waals surface area contributed by atoms with Gasteiger partial charge in [-0.15, -0.1) is 11.6 Å². The van der Waals surface area contributed by atoms with Gasteiger partial charge in [0.05, 0.1) is 5.75 Å². The number of rotatable bonds is 6. The molecule has 0 aromatic heterocycles. The summed E-state index contributed by atoms with van der Waals surface area (Å²) in [6.07, 6.45) is 2.83. The summed E-state index contributed by atoms with van der Waals surface area (Å²) >= 11 is 5.43. The minimum absolute atomic E-state index is 0.0975. The van der Waals surface area contributed by atoms with Crippen LogP contribution in [0.4, 0.5) is 0 Å². The van der Waals surface area contributed by atoms with Crippen LogP contribution in [-0.4, -0.2) is 26.1 Å². The average Bonchev–Trinajstić information content (AvgIpc) is 2.82. The summed E-state index contributed by atoms with van der Waals surface area (Å²) in [5, 5.41) is 0. The number of sulfonamides is 1. The normalized spacial score (nSPS) is 20.2. The van der Waals surface area contributed by atoms with E-state index >= 15 is 0 Å². The molecule has 0 radical (unpaired) electrons. The highest BCUT2D eigenvalue weighted by Gasteiger charge is 2.30. The van der Waals surface area contributed by atoms with E-state index in [1.807, 2.05) is 6.92 Å². The second kappa shape index (κ2) is 4.62. The van der Waals surface area contributed by atoms with Crippen LogP contribution < -0.4 is 4.72 Å². The monoisotopic (exact) mass is 225 g/mol. The van der Waals surface area contributed by atoms with Gasteiger partial charge in [0.2, 0.25) is 10.0 Å². The van der Waals surface area contributed by atoms with Gasteiger partial charge in [0.15, 0.2) is 0 Å². The Balaban J connectivity index is 2.31. The molecule has 5 heteroatoms. The van der Waals surface area contributed by atoms with Gasteiger partial charge in [0, 0.05) is 11.9 Å². The molecule has 3 nitrogen and oxygen atoms in total. The van der Waals surface area contributed by atoms with Crippen molar-refractivity contribution in [3.63, 3.8) is 0 Å². The Kier molecular flexibility index (Phi) is 4.01. The van der Waals surface area contributed by atoms with E-state index in [1.54, 1.807) is 0 Å². The molecule has 0 spiro atoms. The molecule has 1 saturated carbocycles. The van der Waals surface area contributed by atoms with E-state index in [1.165, 1.54) is 0 Å². The molecule has 13 heavy (non-hydrogen) atoms. The molecule has 0 amide bonds. The molecule has 0 bridgehead atoms. The van der Waals surface area contributed by atoms with Crippen molar-refractivity contribution in [2.75, 3.05) is 11.6 Å². The smallest absolute Gasteiger partial charge is 0.211 e. The third-order valence-electron chi connectivity index (χ3n) is 2.24. The fraction of sp³-hybridized carbons (Fsp3) is 1.00. The Bertz CT molecular complexity index is 249. The fourth-order valence-corrected chi connectivity index (χ4v) is 2.97. The van der Waals surface area contributed by atoms with Crippen LogP contribution in [0.1, 0.15) is 26.2 Å². The van der Waals surface area contributed by atoms with Crippen molar-refractivity contribution in [2.45, 2.75) is 32.2 Å². The van der Waals surface area contributed by atoms with Gasteiger partial charge in [-0.1, -0.05) is 0 Å². The molecule has 0 heterocycles. The summed E-state index contributed by atoms with van der Waals surface area (Å²) in [4.78, 5) is 0. The maximum absolute atomic E-state index is 11.4. The lowest BCUT2D eigenvalue weighted by Gasteiger charge is -2.12. The van der Waals surface area contributed by atoms with E-state index in [4.69, 9.17) is 11.6 Å². The number of hydrogen-bond acceptors (Lipinski definition) is 2. The lowest BCUT2D eigenvalue weighted by molar-refractivity contribution is 0.537. The van der Waals surface area contributed by atoms with E-state index in [-0.39, 0.29) is 11.8 Å². The molecule has 1 fully saturated rings. The maximum atomic E-state index is 11.4. The van der Waals surface area contributed by atoms with Gasteiger partial charge in [-0.05, 0) is 32.1 Å². The van der Waals surface area contributed by atoms with E-state index < -0.39 is 10.0 Å². The Morgan fingerprint density at radius 2 is 2.15 bits per heavy atom. The number of nitrogens with one attached hydrogen (secondary N) is 1. The quantitative estimate of drug-likeness (QED) is 0.694. The molecule has 0 aromatic rings. The van der Waals surface area contributed by atoms with Gasteiger partial charge < -0.3 is 0 Å². The van der Waals surface area contributed by atoms with Gasteiger partial charge in [-0.25, -0.2) is 13.1 Å².